The van der Waals surface area contributed by atoms with Gasteiger partial charge in [-0.2, -0.15) is 5.26 Å². The van der Waals surface area contributed by atoms with E-state index in [-0.39, 0.29) is 6.10 Å². The monoisotopic (exact) mass is 281 g/mol. The van der Waals surface area contributed by atoms with Crippen LogP contribution in [0.15, 0.2) is 0 Å². The molecule has 3 N–H and O–H groups in total. The number of nitriles is 1. The van der Waals surface area contributed by atoms with Crippen LogP contribution in [-0.4, -0.2) is 12.6 Å². The van der Waals surface area contributed by atoms with Gasteiger partial charge in [-0.1, -0.05) is 26.2 Å². The summed E-state index contributed by atoms with van der Waals surface area (Å²) in [5, 5.41) is 13.2. The number of nitrogen functional groups attached to an aromatic ring is 1. The minimum absolute atomic E-state index is 0.0454. The highest BCUT2D eigenvalue weighted by molar-refractivity contribution is 7.17. The van der Waals surface area contributed by atoms with Gasteiger partial charge in [-0.15, -0.1) is 11.3 Å². The summed E-state index contributed by atoms with van der Waals surface area (Å²) in [6, 6.07) is 2.11. The van der Waals surface area contributed by atoms with Gasteiger partial charge in [0.1, 0.15) is 21.6 Å². The van der Waals surface area contributed by atoms with Gasteiger partial charge in [0.25, 0.3) is 0 Å². The van der Waals surface area contributed by atoms with E-state index < -0.39 is 0 Å². The lowest BCUT2D eigenvalue weighted by Gasteiger charge is -2.12. The summed E-state index contributed by atoms with van der Waals surface area (Å²) in [7, 11) is 0. The third-order valence-electron chi connectivity index (χ3n) is 2.67. The molecule has 0 fully saturated rings. The minimum Gasteiger partial charge on any atom is -0.486 e. The van der Waals surface area contributed by atoms with E-state index in [1.165, 1.54) is 30.6 Å². The van der Waals surface area contributed by atoms with Crippen LogP contribution in [0.4, 0.5) is 10.7 Å². The number of nitrogens with one attached hydrogen (secondary N) is 1. The maximum Gasteiger partial charge on any atom is 0.178 e. The predicted molar refractivity (Wildman–Crippen MR) is 81.8 cm³/mol. The molecule has 19 heavy (non-hydrogen) atoms. The molecule has 0 bridgehead atoms. The van der Waals surface area contributed by atoms with Crippen molar-refractivity contribution in [3.8, 4) is 11.8 Å². The first kappa shape index (κ1) is 15.6. The Bertz CT molecular complexity index is 435. The fourth-order valence-corrected chi connectivity index (χ4v) is 2.61. The second-order valence-electron chi connectivity index (χ2n) is 4.77. The molecule has 0 saturated carbocycles. The third-order valence-corrected chi connectivity index (χ3v) is 3.72. The molecule has 0 unspecified atom stereocenters. The number of thiophene rings is 1. The number of nitrogens with two attached hydrogens (primary N) is 1. The normalized spacial score (nSPS) is 10.5. The van der Waals surface area contributed by atoms with Crippen molar-refractivity contribution in [3.63, 3.8) is 0 Å². The number of hydrogen-bond donors (Lipinski definition) is 2. The fourth-order valence-electron chi connectivity index (χ4n) is 1.73. The number of ether oxygens (including phenoxy) is 1. The van der Waals surface area contributed by atoms with Crippen molar-refractivity contribution in [3.05, 3.63) is 4.88 Å². The summed E-state index contributed by atoms with van der Waals surface area (Å²) in [6.45, 7) is 6.99. The van der Waals surface area contributed by atoms with Gasteiger partial charge in [-0.05, 0) is 20.3 Å². The van der Waals surface area contributed by atoms with Crippen LogP contribution < -0.4 is 15.8 Å². The van der Waals surface area contributed by atoms with Gasteiger partial charge in [0, 0.05) is 6.54 Å². The number of nitrogens with zero attached hydrogens (tertiary/aromatic N) is 1. The molecular formula is C14H23N3OS. The quantitative estimate of drug-likeness (QED) is 0.707. The van der Waals surface area contributed by atoms with E-state index in [1.54, 1.807) is 0 Å². The predicted octanol–water partition coefficient (Wildman–Crippen LogP) is 3.98. The summed E-state index contributed by atoms with van der Waals surface area (Å²) < 4.78 is 5.71. The van der Waals surface area contributed by atoms with E-state index in [9.17, 15) is 0 Å². The zero-order chi connectivity index (χ0) is 14.3. The van der Waals surface area contributed by atoms with Crippen molar-refractivity contribution in [2.45, 2.75) is 52.6 Å². The summed E-state index contributed by atoms with van der Waals surface area (Å²) in [5.41, 5.74) is 6.39. The first-order valence-corrected chi connectivity index (χ1v) is 7.64. The largest absolute Gasteiger partial charge is 0.486 e. The second kappa shape index (κ2) is 7.90. The summed E-state index contributed by atoms with van der Waals surface area (Å²) in [4.78, 5) is 0.520. The van der Waals surface area contributed by atoms with E-state index in [0.717, 1.165) is 18.0 Å². The lowest BCUT2D eigenvalue weighted by Crippen LogP contribution is -2.09. The minimum atomic E-state index is 0.0454. The highest BCUT2D eigenvalue weighted by Crippen LogP contribution is 2.42. The van der Waals surface area contributed by atoms with Crippen LogP contribution >= 0.6 is 11.3 Å². The molecule has 0 saturated heterocycles. The van der Waals surface area contributed by atoms with Crippen LogP contribution in [0.5, 0.6) is 5.75 Å². The molecule has 0 spiro atoms. The third kappa shape index (κ3) is 4.64. The van der Waals surface area contributed by atoms with Gasteiger partial charge in [-0.3, -0.25) is 0 Å². The maximum absolute atomic E-state index is 9.03. The lowest BCUT2D eigenvalue weighted by atomic mass is 10.2. The van der Waals surface area contributed by atoms with Crippen LogP contribution in [0.1, 0.15) is 51.3 Å². The summed E-state index contributed by atoms with van der Waals surface area (Å²) in [6.07, 6.45) is 4.87. The van der Waals surface area contributed by atoms with Crippen LogP contribution in [0.25, 0.3) is 0 Å². The van der Waals surface area contributed by atoms with Crippen LogP contribution in [0.2, 0.25) is 0 Å². The number of rotatable bonds is 8. The van der Waals surface area contributed by atoms with Gasteiger partial charge in [0.15, 0.2) is 5.75 Å². The average Bonchev–Trinajstić information content (AvgIpc) is 2.66. The topological polar surface area (TPSA) is 71.1 Å². The van der Waals surface area contributed by atoms with E-state index in [0.29, 0.717) is 16.3 Å². The first-order chi connectivity index (χ1) is 9.10. The van der Waals surface area contributed by atoms with Crippen molar-refractivity contribution in [1.82, 2.24) is 0 Å². The Morgan fingerprint density at radius 2 is 2.11 bits per heavy atom. The maximum atomic E-state index is 9.03. The van der Waals surface area contributed by atoms with E-state index in [1.807, 2.05) is 13.8 Å². The zero-order valence-corrected chi connectivity index (χ0v) is 12.8. The zero-order valence-electron chi connectivity index (χ0n) is 12.0. The number of unbranched alkanes of at least 4 members (excludes halogenated alkanes) is 3. The Labute approximate surface area is 119 Å². The first-order valence-electron chi connectivity index (χ1n) is 6.83. The van der Waals surface area contributed by atoms with Crippen LogP contribution in [-0.2, 0) is 0 Å². The molecule has 1 aromatic heterocycles. The van der Waals surface area contributed by atoms with Gasteiger partial charge in [0.2, 0.25) is 0 Å². The van der Waals surface area contributed by atoms with Crippen LogP contribution in [0.3, 0.4) is 0 Å². The van der Waals surface area contributed by atoms with E-state index >= 15 is 0 Å². The molecule has 1 aromatic rings. The van der Waals surface area contributed by atoms with Crippen molar-refractivity contribution in [2.24, 2.45) is 0 Å². The molecule has 5 heteroatoms. The standard InChI is InChI=1S/C14H23N3OS/c1-4-5-6-7-8-17-14-13(18-10(2)3)12(16)11(9-15)19-14/h10,17H,4-8,16H2,1-3H3. The Kier molecular flexibility index (Phi) is 6.51. The highest BCUT2D eigenvalue weighted by atomic mass is 32.1. The molecule has 0 aromatic carbocycles. The molecule has 1 rings (SSSR count). The molecule has 0 aliphatic heterocycles. The Morgan fingerprint density at radius 3 is 2.68 bits per heavy atom. The van der Waals surface area contributed by atoms with Crippen molar-refractivity contribution in [1.29, 1.82) is 5.26 Å². The highest BCUT2D eigenvalue weighted by Gasteiger charge is 2.18. The van der Waals surface area contributed by atoms with E-state index in [4.69, 9.17) is 15.7 Å². The molecule has 4 nitrogen and oxygen atoms in total. The van der Waals surface area contributed by atoms with Crippen molar-refractivity contribution < 1.29 is 4.74 Å². The molecule has 0 aliphatic carbocycles. The smallest absolute Gasteiger partial charge is 0.178 e. The Morgan fingerprint density at radius 1 is 1.37 bits per heavy atom. The molecule has 0 radical (unpaired) electrons. The van der Waals surface area contributed by atoms with Crippen molar-refractivity contribution in [2.75, 3.05) is 17.6 Å². The fraction of sp³-hybridized carbons (Fsp3) is 0.643. The van der Waals surface area contributed by atoms with Gasteiger partial charge in [-0.25, -0.2) is 0 Å². The van der Waals surface area contributed by atoms with E-state index in [2.05, 4.69) is 18.3 Å². The molecule has 0 aliphatic rings. The van der Waals surface area contributed by atoms with Crippen LogP contribution in [0, 0.1) is 11.3 Å². The lowest BCUT2D eigenvalue weighted by molar-refractivity contribution is 0.246. The molecular weight excluding hydrogens is 258 g/mol. The number of hydrogen-bond acceptors (Lipinski definition) is 5. The Hall–Kier alpha value is -1.41. The van der Waals surface area contributed by atoms with Crippen molar-refractivity contribution >= 4 is 22.0 Å². The van der Waals surface area contributed by atoms with Gasteiger partial charge >= 0.3 is 0 Å². The average molecular weight is 281 g/mol. The molecule has 106 valence electrons. The summed E-state index contributed by atoms with van der Waals surface area (Å²) >= 11 is 1.37. The molecule has 0 amide bonds. The van der Waals surface area contributed by atoms with Gasteiger partial charge in [0.05, 0.1) is 6.10 Å². The molecule has 1 heterocycles. The SMILES string of the molecule is CCCCCCNc1sc(C#N)c(N)c1OC(C)C. The van der Waals surface area contributed by atoms with Gasteiger partial charge < -0.3 is 15.8 Å². The summed E-state index contributed by atoms with van der Waals surface area (Å²) in [5.74, 6) is 0.632. The number of anilines is 2. The molecule has 0 atom stereocenters. The Balaban J connectivity index is 2.67. The second-order valence-corrected chi connectivity index (χ2v) is 5.79.